The van der Waals surface area contributed by atoms with Crippen LogP contribution in [0.25, 0.3) is 0 Å². The first-order valence-electron chi connectivity index (χ1n) is 5.53. The first-order chi connectivity index (χ1) is 9.01. The lowest BCUT2D eigenvalue weighted by atomic mass is 10.3. The number of aliphatic hydroxyl groups excluding tert-OH is 1. The van der Waals surface area contributed by atoms with E-state index in [9.17, 15) is 8.42 Å². The SMILES string of the molecule is COc1ccc(S(=O)(=O)NCCOCCO)cc1Cl. The lowest BCUT2D eigenvalue weighted by Gasteiger charge is -2.09. The zero-order chi connectivity index (χ0) is 14.3. The van der Waals surface area contributed by atoms with Crippen LogP contribution in [-0.2, 0) is 14.8 Å². The second kappa shape index (κ2) is 7.66. The Morgan fingerprint density at radius 1 is 1.37 bits per heavy atom. The molecule has 0 amide bonds. The van der Waals surface area contributed by atoms with Gasteiger partial charge in [-0.3, -0.25) is 0 Å². The first kappa shape index (κ1) is 16.2. The van der Waals surface area contributed by atoms with Crippen LogP contribution in [0, 0.1) is 0 Å². The number of hydrogen-bond donors (Lipinski definition) is 2. The highest BCUT2D eigenvalue weighted by atomic mass is 35.5. The molecule has 0 aliphatic rings. The van der Waals surface area contributed by atoms with E-state index in [0.717, 1.165) is 0 Å². The number of halogens is 1. The summed E-state index contributed by atoms with van der Waals surface area (Å²) in [6.45, 7) is 0.382. The van der Waals surface area contributed by atoms with Crippen LogP contribution in [0.1, 0.15) is 0 Å². The Balaban J connectivity index is 2.64. The van der Waals surface area contributed by atoms with Crippen LogP contribution in [0.15, 0.2) is 23.1 Å². The van der Waals surface area contributed by atoms with E-state index in [1.54, 1.807) is 0 Å². The Morgan fingerprint density at radius 2 is 2.11 bits per heavy atom. The van der Waals surface area contributed by atoms with E-state index in [-0.39, 0.29) is 36.3 Å². The van der Waals surface area contributed by atoms with Crippen molar-refractivity contribution < 1.29 is 23.0 Å². The molecule has 0 aliphatic heterocycles. The monoisotopic (exact) mass is 309 g/mol. The molecule has 0 saturated heterocycles. The van der Waals surface area contributed by atoms with E-state index in [1.165, 1.54) is 25.3 Å². The van der Waals surface area contributed by atoms with Gasteiger partial charge >= 0.3 is 0 Å². The third-order valence-corrected chi connectivity index (χ3v) is 3.96. The fourth-order valence-electron chi connectivity index (χ4n) is 1.31. The van der Waals surface area contributed by atoms with Gasteiger partial charge in [0, 0.05) is 6.54 Å². The number of hydrogen-bond acceptors (Lipinski definition) is 5. The summed E-state index contributed by atoms with van der Waals surface area (Å²) in [5, 5.41) is 8.72. The molecule has 2 N–H and O–H groups in total. The van der Waals surface area contributed by atoms with Gasteiger partial charge in [0.25, 0.3) is 0 Å². The topological polar surface area (TPSA) is 84.9 Å². The van der Waals surface area contributed by atoms with Crippen molar-refractivity contribution in [3.05, 3.63) is 23.2 Å². The van der Waals surface area contributed by atoms with Crippen LogP contribution < -0.4 is 9.46 Å². The lowest BCUT2D eigenvalue weighted by Crippen LogP contribution is -2.27. The predicted molar refractivity (Wildman–Crippen MR) is 71.1 cm³/mol. The zero-order valence-corrected chi connectivity index (χ0v) is 12.0. The molecule has 0 aromatic heterocycles. The van der Waals surface area contributed by atoms with Gasteiger partial charge in [0.1, 0.15) is 5.75 Å². The van der Waals surface area contributed by atoms with Gasteiger partial charge in [-0.2, -0.15) is 0 Å². The van der Waals surface area contributed by atoms with Gasteiger partial charge in [-0.15, -0.1) is 0 Å². The Hall–Kier alpha value is -0.860. The fourth-order valence-corrected chi connectivity index (χ4v) is 2.67. The predicted octanol–water partition coefficient (Wildman–Crippen LogP) is 0.636. The summed E-state index contributed by atoms with van der Waals surface area (Å²) in [7, 11) is -2.18. The molecule has 0 aliphatic carbocycles. The molecule has 0 heterocycles. The minimum Gasteiger partial charge on any atom is -0.495 e. The molecular formula is C11H16ClNO5S. The van der Waals surface area contributed by atoms with E-state index in [4.69, 9.17) is 26.2 Å². The van der Waals surface area contributed by atoms with Crippen molar-refractivity contribution in [2.75, 3.05) is 33.5 Å². The second-order valence-corrected chi connectivity index (χ2v) is 5.70. The Bertz CT molecular complexity index is 506. The van der Waals surface area contributed by atoms with Gasteiger partial charge < -0.3 is 14.6 Å². The van der Waals surface area contributed by atoms with Gasteiger partial charge in [0.15, 0.2) is 0 Å². The van der Waals surface area contributed by atoms with Crippen molar-refractivity contribution in [1.29, 1.82) is 0 Å². The van der Waals surface area contributed by atoms with E-state index in [0.29, 0.717) is 5.75 Å². The molecule has 0 saturated carbocycles. The van der Waals surface area contributed by atoms with Gasteiger partial charge in [0.05, 0.1) is 36.8 Å². The summed E-state index contributed by atoms with van der Waals surface area (Å²) in [5.41, 5.74) is 0. The molecule has 108 valence electrons. The molecular weight excluding hydrogens is 294 g/mol. The average Bonchev–Trinajstić information content (AvgIpc) is 2.38. The van der Waals surface area contributed by atoms with Crippen LogP contribution in [0.3, 0.4) is 0 Å². The largest absolute Gasteiger partial charge is 0.495 e. The summed E-state index contributed by atoms with van der Waals surface area (Å²) in [6, 6.07) is 4.21. The van der Waals surface area contributed by atoms with Crippen LogP contribution in [0.5, 0.6) is 5.75 Å². The molecule has 0 radical (unpaired) electrons. The normalized spacial score (nSPS) is 11.5. The first-order valence-corrected chi connectivity index (χ1v) is 7.39. The van der Waals surface area contributed by atoms with Gasteiger partial charge in [0.2, 0.25) is 10.0 Å². The number of rotatable bonds is 8. The molecule has 0 bridgehead atoms. The average molecular weight is 310 g/mol. The van der Waals surface area contributed by atoms with Gasteiger partial charge in [-0.05, 0) is 18.2 Å². The highest BCUT2D eigenvalue weighted by molar-refractivity contribution is 7.89. The van der Waals surface area contributed by atoms with E-state index < -0.39 is 10.0 Å². The standard InChI is InChI=1S/C11H16ClNO5S/c1-17-11-3-2-9(8-10(11)12)19(15,16)13-4-6-18-7-5-14/h2-3,8,13-14H,4-7H2,1H3. The third-order valence-electron chi connectivity index (χ3n) is 2.21. The number of methoxy groups -OCH3 is 1. The molecule has 6 nitrogen and oxygen atoms in total. The molecule has 0 spiro atoms. The quantitative estimate of drug-likeness (QED) is 0.688. The maximum atomic E-state index is 11.9. The van der Waals surface area contributed by atoms with Gasteiger partial charge in [-0.1, -0.05) is 11.6 Å². The number of ether oxygens (including phenoxy) is 2. The minimum atomic E-state index is -3.63. The Labute approximate surface area is 117 Å². The number of sulfonamides is 1. The summed E-state index contributed by atoms with van der Waals surface area (Å²) < 4.78 is 36.1. The third kappa shape index (κ3) is 4.96. The minimum absolute atomic E-state index is 0.0560. The maximum Gasteiger partial charge on any atom is 0.240 e. The highest BCUT2D eigenvalue weighted by Crippen LogP contribution is 2.26. The van der Waals surface area contributed by atoms with E-state index >= 15 is 0 Å². The second-order valence-electron chi connectivity index (χ2n) is 3.53. The number of nitrogens with one attached hydrogen (secondary N) is 1. The summed E-state index contributed by atoms with van der Waals surface area (Å²) >= 11 is 5.87. The smallest absolute Gasteiger partial charge is 0.240 e. The molecule has 0 atom stereocenters. The molecule has 8 heteroatoms. The summed E-state index contributed by atoms with van der Waals surface area (Å²) in [6.07, 6.45) is 0. The van der Waals surface area contributed by atoms with Crippen molar-refractivity contribution >= 4 is 21.6 Å². The Kier molecular flexibility index (Phi) is 6.53. The van der Waals surface area contributed by atoms with Gasteiger partial charge in [-0.25, -0.2) is 13.1 Å². The molecule has 1 aromatic carbocycles. The highest BCUT2D eigenvalue weighted by Gasteiger charge is 2.15. The van der Waals surface area contributed by atoms with Crippen molar-refractivity contribution in [2.45, 2.75) is 4.90 Å². The zero-order valence-electron chi connectivity index (χ0n) is 10.4. The maximum absolute atomic E-state index is 11.9. The van der Waals surface area contributed by atoms with Crippen molar-refractivity contribution in [1.82, 2.24) is 4.72 Å². The number of benzene rings is 1. The molecule has 19 heavy (non-hydrogen) atoms. The fraction of sp³-hybridized carbons (Fsp3) is 0.455. The molecule has 0 unspecified atom stereocenters. The van der Waals surface area contributed by atoms with E-state index in [1.807, 2.05) is 0 Å². The summed E-state index contributed by atoms with van der Waals surface area (Å²) in [4.78, 5) is 0.0560. The lowest BCUT2D eigenvalue weighted by molar-refractivity contribution is 0.0961. The summed E-state index contributed by atoms with van der Waals surface area (Å²) in [5.74, 6) is 0.409. The van der Waals surface area contributed by atoms with Crippen LogP contribution in [0.2, 0.25) is 5.02 Å². The Morgan fingerprint density at radius 3 is 2.68 bits per heavy atom. The van der Waals surface area contributed by atoms with Crippen molar-refractivity contribution in [3.8, 4) is 5.75 Å². The molecule has 0 fully saturated rings. The molecule has 1 aromatic rings. The van der Waals surface area contributed by atoms with Crippen molar-refractivity contribution in [3.63, 3.8) is 0 Å². The van der Waals surface area contributed by atoms with Crippen LogP contribution in [0.4, 0.5) is 0 Å². The van der Waals surface area contributed by atoms with Crippen LogP contribution >= 0.6 is 11.6 Å². The van der Waals surface area contributed by atoms with Crippen molar-refractivity contribution in [2.24, 2.45) is 0 Å². The number of aliphatic hydroxyl groups is 1. The molecule has 1 rings (SSSR count). The van der Waals surface area contributed by atoms with E-state index in [2.05, 4.69) is 4.72 Å². The van der Waals surface area contributed by atoms with Crippen LogP contribution in [-0.4, -0.2) is 47.0 Å².